The van der Waals surface area contributed by atoms with Gasteiger partial charge in [-0.2, -0.15) is 0 Å². The minimum Gasteiger partial charge on any atom is -0.318 e. The fourth-order valence-electron chi connectivity index (χ4n) is 3.12. The average Bonchev–Trinajstić information content (AvgIpc) is 2.43. The quantitative estimate of drug-likeness (QED) is 0.806. The van der Waals surface area contributed by atoms with Crippen molar-refractivity contribution in [3.8, 4) is 11.1 Å². The van der Waals surface area contributed by atoms with Crippen molar-refractivity contribution in [1.82, 2.24) is 4.57 Å². The summed E-state index contributed by atoms with van der Waals surface area (Å²) in [5.74, 6) is 0.326. The lowest BCUT2D eigenvalue weighted by Gasteiger charge is -2.18. The Hall–Kier alpha value is -2.16. The van der Waals surface area contributed by atoms with Gasteiger partial charge in [-0.25, -0.2) is 0 Å². The predicted octanol–water partition coefficient (Wildman–Crippen LogP) is 2.73. The first-order chi connectivity index (χ1) is 9.95. The number of carbonyl (C=O) groups is 1. The second-order valence-electron chi connectivity index (χ2n) is 5.98. The molecule has 0 saturated heterocycles. The van der Waals surface area contributed by atoms with Crippen LogP contribution in [0.15, 0.2) is 29.2 Å². The Balaban J connectivity index is 2.15. The van der Waals surface area contributed by atoms with E-state index in [2.05, 4.69) is 19.1 Å². The summed E-state index contributed by atoms with van der Waals surface area (Å²) >= 11 is 0. The number of hydrogen-bond donors (Lipinski definition) is 0. The maximum Gasteiger partial charge on any atom is 0.253 e. The number of hydrogen-bond acceptors (Lipinski definition) is 2. The summed E-state index contributed by atoms with van der Waals surface area (Å²) in [5, 5.41) is 0. The molecule has 2 aromatic rings. The van der Waals surface area contributed by atoms with Crippen LogP contribution in [0.1, 0.15) is 28.7 Å². The van der Waals surface area contributed by atoms with Crippen molar-refractivity contribution in [2.75, 3.05) is 0 Å². The minimum absolute atomic E-state index is 0.0416. The molecule has 0 saturated carbocycles. The summed E-state index contributed by atoms with van der Waals surface area (Å²) in [4.78, 5) is 23.4. The molecule has 0 N–H and O–H groups in total. The second kappa shape index (κ2) is 4.99. The molecule has 21 heavy (non-hydrogen) atoms. The van der Waals surface area contributed by atoms with Gasteiger partial charge >= 0.3 is 0 Å². The molecule has 1 aromatic carbocycles. The molecule has 1 aliphatic carbocycles. The summed E-state index contributed by atoms with van der Waals surface area (Å²) < 4.78 is 1.63. The molecule has 1 heterocycles. The molecule has 3 rings (SSSR count). The molecule has 108 valence electrons. The fourth-order valence-corrected chi connectivity index (χ4v) is 3.12. The number of rotatable bonds is 1. The van der Waals surface area contributed by atoms with E-state index in [-0.39, 0.29) is 5.56 Å². The summed E-state index contributed by atoms with van der Waals surface area (Å²) in [6.07, 6.45) is 3.91. The first kappa shape index (κ1) is 13.8. The van der Waals surface area contributed by atoms with E-state index in [1.807, 2.05) is 19.2 Å². The molecule has 0 unspecified atom stereocenters. The highest BCUT2D eigenvalue weighted by atomic mass is 16.1. The Kier molecular flexibility index (Phi) is 3.28. The highest BCUT2D eigenvalue weighted by Gasteiger charge is 2.17. The maximum atomic E-state index is 11.8. The van der Waals surface area contributed by atoms with Crippen LogP contribution in [-0.4, -0.2) is 10.4 Å². The van der Waals surface area contributed by atoms with Gasteiger partial charge in [-0.15, -0.1) is 0 Å². The van der Waals surface area contributed by atoms with Crippen molar-refractivity contribution in [2.45, 2.75) is 33.1 Å². The first-order valence-corrected chi connectivity index (χ1v) is 7.27. The summed E-state index contributed by atoms with van der Waals surface area (Å²) in [7, 11) is 1.78. The molecular weight excluding hydrogens is 262 g/mol. The summed E-state index contributed by atoms with van der Waals surface area (Å²) in [5.41, 5.74) is 6.59. The number of aromatic nitrogens is 1. The zero-order valence-electron chi connectivity index (χ0n) is 12.7. The van der Waals surface area contributed by atoms with Crippen molar-refractivity contribution in [2.24, 2.45) is 7.05 Å². The van der Waals surface area contributed by atoms with Crippen molar-refractivity contribution in [1.29, 1.82) is 0 Å². The lowest BCUT2D eigenvalue weighted by molar-refractivity contribution is -0.118. The van der Waals surface area contributed by atoms with E-state index < -0.39 is 0 Å². The van der Waals surface area contributed by atoms with Crippen molar-refractivity contribution in [3.05, 3.63) is 57.0 Å². The normalized spacial score (nSPS) is 14.1. The molecule has 1 aliphatic rings. The van der Waals surface area contributed by atoms with Crippen molar-refractivity contribution >= 4 is 5.78 Å². The standard InChI is InChI=1S/C18H19NO2/c1-11-6-14-8-16(20)5-4-13(14)9-17(11)15-7-12(2)18(21)19(3)10-15/h6-7,9-10H,4-5,8H2,1-3H3. The van der Waals surface area contributed by atoms with E-state index in [1.165, 1.54) is 5.56 Å². The number of Topliss-reactive ketones (excluding diaryl/α,β-unsaturated/α-hetero) is 1. The van der Waals surface area contributed by atoms with Gasteiger partial charge < -0.3 is 4.57 Å². The van der Waals surface area contributed by atoms with Gasteiger partial charge in [-0.1, -0.05) is 12.1 Å². The topological polar surface area (TPSA) is 39.1 Å². The number of aryl methyl sites for hydroxylation is 4. The van der Waals surface area contributed by atoms with Gasteiger partial charge in [0.05, 0.1) is 0 Å². The van der Waals surface area contributed by atoms with Crippen LogP contribution in [0.5, 0.6) is 0 Å². The summed E-state index contributed by atoms with van der Waals surface area (Å²) in [6, 6.07) is 6.27. The number of fused-ring (bicyclic) bond motifs is 1. The third kappa shape index (κ3) is 2.44. The van der Waals surface area contributed by atoms with E-state index in [0.717, 1.165) is 34.2 Å². The average molecular weight is 281 g/mol. The summed E-state index contributed by atoms with van der Waals surface area (Å²) in [6.45, 7) is 3.91. The van der Waals surface area contributed by atoms with Crippen molar-refractivity contribution in [3.63, 3.8) is 0 Å². The van der Waals surface area contributed by atoms with E-state index in [9.17, 15) is 9.59 Å². The largest absolute Gasteiger partial charge is 0.318 e. The minimum atomic E-state index is 0.0416. The van der Waals surface area contributed by atoms with Crippen LogP contribution in [0.4, 0.5) is 0 Å². The van der Waals surface area contributed by atoms with Gasteiger partial charge in [0.1, 0.15) is 5.78 Å². The molecule has 0 atom stereocenters. The van der Waals surface area contributed by atoms with Gasteiger partial charge in [0.2, 0.25) is 0 Å². The molecule has 0 bridgehead atoms. The molecule has 3 nitrogen and oxygen atoms in total. The Morgan fingerprint density at radius 2 is 1.71 bits per heavy atom. The molecule has 0 spiro atoms. The second-order valence-corrected chi connectivity index (χ2v) is 5.98. The van der Waals surface area contributed by atoms with Gasteiger partial charge in [0.15, 0.2) is 0 Å². The van der Waals surface area contributed by atoms with Crippen LogP contribution >= 0.6 is 0 Å². The van der Waals surface area contributed by atoms with Gasteiger partial charge in [0, 0.05) is 31.6 Å². The Morgan fingerprint density at radius 1 is 0.952 bits per heavy atom. The van der Waals surface area contributed by atoms with E-state index in [0.29, 0.717) is 18.6 Å². The highest BCUT2D eigenvalue weighted by molar-refractivity contribution is 5.84. The molecule has 0 amide bonds. The number of ketones is 1. The van der Waals surface area contributed by atoms with Crippen LogP contribution in [0, 0.1) is 13.8 Å². The van der Waals surface area contributed by atoms with E-state index in [1.54, 1.807) is 11.6 Å². The van der Waals surface area contributed by atoms with Crippen LogP contribution in [0.2, 0.25) is 0 Å². The first-order valence-electron chi connectivity index (χ1n) is 7.27. The Morgan fingerprint density at radius 3 is 2.43 bits per heavy atom. The number of nitrogens with zero attached hydrogens (tertiary/aromatic N) is 1. The monoisotopic (exact) mass is 281 g/mol. The van der Waals surface area contributed by atoms with Crippen LogP contribution in [0.25, 0.3) is 11.1 Å². The molecule has 0 fully saturated rings. The number of carbonyl (C=O) groups excluding carboxylic acids is 1. The van der Waals surface area contributed by atoms with Crippen LogP contribution in [-0.2, 0) is 24.7 Å². The zero-order chi connectivity index (χ0) is 15.1. The lowest BCUT2D eigenvalue weighted by Crippen LogP contribution is -2.18. The third-order valence-corrected chi connectivity index (χ3v) is 4.28. The van der Waals surface area contributed by atoms with Gasteiger partial charge in [-0.05, 0) is 54.2 Å². The van der Waals surface area contributed by atoms with Gasteiger partial charge in [-0.3, -0.25) is 9.59 Å². The van der Waals surface area contributed by atoms with Gasteiger partial charge in [0.25, 0.3) is 5.56 Å². The van der Waals surface area contributed by atoms with E-state index in [4.69, 9.17) is 0 Å². The molecule has 0 aliphatic heterocycles. The van der Waals surface area contributed by atoms with E-state index >= 15 is 0 Å². The smallest absolute Gasteiger partial charge is 0.253 e. The number of pyridine rings is 1. The lowest BCUT2D eigenvalue weighted by atomic mass is 9.86. The highest BCUT2D eigenvalue weighted by Crippen LogP contribution is 2.29. The SMILES string of the molecule is Cc1cc2c(cc1-c1cc(C)c(=O)n(C)c1)CCC(=O)C2. The molecule has 0 radical (unpaired) electrons. The molecule has 3 heteroatoms. The number of benzene rings is 1. The third-order valence-electron chi connectivity index (χ3n) is 4.28. The van der Waals surface area contributed by atoms with Crippen molar-refractivity contribution < 1.29 is 4.79 Å². The zero-order valence-corrected chi connectivity index (χ0v) is 12.7. The molecular formula is C18H19NO2. The van der Waals surface area contributed by atoms with Crippen LogP contribution in [0.3, 0.4) is 0 Å². The van der Waals surface area contributed by atoms with Crippen LogP contribution < -0.4 is 5.56 Å². The fraction of sp³-hybridized carbons (Fsp3) is 0.333. The Labute approximate surface area is 124 Å². The Bertz CT molecular complexity index is 773. The predicted molar refractivity (Wildman–Crippen MR) is 83.6 cm³/mol. The maximum absolute atomic E-state index is 11.8. The molecule has 1 aromatic heterocycles.